The van der Waals surface area contributed by atoms with Crippen LogP contribution >= 0.6 is 0 Å². The first-order valence-electron chi connectivity index (χ1n) is 14.3. The molecular weight excluding hydrogens is 753 g/mol. The summed E-state index contributed by atoms with van der Waals surface area (Å²) in [5.41, 5.74) is -0.449. The van der Waals surface area contributed by atoms with Crippen LogP contribution in [0.2, 0.25) is 16.6 Å². The summed E-state index contributed by atoms with van der Waals surface area (Å²) in [4.78, 5) is 20.0. The summed E-state index contributed by atoms with van der Waals surface area (Å²) >= 11 is -2.08. The molecule has 0 amide bonds. The Kier molecular flexibility index (Phi) is 18.4. The minimum absolute atomic E-state index is 0.0489. The van der Waals surface area contributed by atoms with E-state index < -0.39 is 59.2 Å². The zero-order valence-corrected chi connectivity index (χ0v) is 31.9. The fourth-order valence-corrected chi connectivity index (χ4v) is 12.8. The third-order valence-corrected chi connectivity index (χ3v) is 15.5. The SMILES string of the molecule is CC(C)[Si](OC[C@@]1(O)C(=O)[C@@H]([S@@](=O)c2ccccc2N(C)C)C[C@@H]1O)(C(C)C)C(C)C.CN(C)CCN(C)C.[O]=[Os]=[O]. The first kappa shape index (κ1) is 41.1. The van der Waals surface area contributed by atoms with Crippen LogP contribution in [0.4, 0.5) is 5.69 Å². The maximum absolute atomic E-state index is 13.4. The van der Waals surface area contributed by atoms with E-state index in [2.05, 4.69) is 79.5 Å². The molecule has 0 heterocycles. The second-order valence-corrected chi connectivity index (χ2v) is 19.9. The normalized spacial score (nSPS) is 21.5. The Morgan fingerprint density at radius 1 is 0.952 bits per heavy atom. The molecule has 0 aliphatic heterocycles. The number of nitrogens with zero attached hydrogens (tertiary/aromatic N) is 3. The van der Waals surface area contributed by atoms with E-state index in [-0.39, 0.29) is 29.7 Å². The van der Waals surface area contributed by atoms with Gasteiger partial charge in [-0.2, -0.15) is 0 Å². The molecule has 1 fully saturated rings. The molecule has 2 N–H and O–H groups in total. The molecular formula is C29H55N3O7OsSSi. The number of rotatable bonds is 12. The van der Waals surface area contributed by atoms with E-state index in [1.165, 1.54) is 0 Å². The van der Waals surface area contributed by atoms with E-state index >= 15 is 0 Å². The number of ketones is 1. The van der Waals surface area contributed by atoms with E-state index in [9.17, 15) is 19.2 Å². The number of aliphatic hydroxyl groups excluding tert-OH is 1. The summed E-state index contributed by atoms with van der Waals surface area (Å²) in [6.07, 6.45) is -1.36. The molecule has 0 aromatic heterocycles. The second-order valence-electron chi connectivity index (χ2n) is 12.5. The van der Waals surface area contributed by atoms with E-state index in [1.807, 2.05) is 31.1 Å². The predicted octanol–water partition coefficient (Wildman–Crippen LogP) is 3.36. The van der Waals surface area contributed by atoms with Crippen LogP contribution in [0, 0.1) is 0 Å². The van der Waals surface area contributed by atoms with Crippen molar-refractivity contribution >= 4 is 30.6 Å². The molecule has 246 valence electrons. The molecule has 0 radical (unpaired) electrons. The molecule has 0 spiro atoms. The predicted molar refractivity (Wildman–Crippen MR) is 167 cm³/mol. The average Bonchev–Trinajstić information content (AvgIpc) is 3.11. The number of carbonyl (C=O) groups excluding carboxylic acids is 1. The first-order chi connectivity index (χ1) is 19.3. The zero-order valence-electron chi connectivity index (χ0n) is 27.6. The Morgan fingerprint density at radius 3 is 1.76 bits per heavy atom. The van der Waals surface area contributed by atoms with Crippen LogP contribution in [0.25, 0.3) is 0 Å². The van der Waals surface area contributed by atoms with Crippen molar-refractivity contribution in [3.63, 3.8) is 0 Å². The second kappa shape index (κ2) is 18.8. The van der Waals surface area contributed by atoms with Gasteiger partial charge in [0, 0.05) is 27.2 Å². The van der Waals surface area contributed by atoms with Gasteiger partial charge in [0.05, 0.1) is 34.1 Å². The van der Waals surface area contributed by atoms with Gasteiger partial charge in [0.25, 0.3) is 0 Å². The monoisotopic (exact) mass is 809 g/mol. The van der Waals surface area contributed by atoms with Gasteiger partial charge in [-0.05, 0) is 63.4 Å². The topological polar surface area (TPSA) is 128 Å². The van der Waals surface area contributed by atoms with E-state index in [0.29, 0.717) is 4.90 Å². The van der Waals surface area contributed by atoms with Gasteiger partial charge in [0.2, 0.25) is 0 Å². The summed E-state index contributed by atoms with van der Waals surface area (Å²) in [6.45, 7) is 14.8. The quantitative estimate of drug-likeness (QED) is 0.304. The Labute approximate surface area is 265 Å². The Bertz CT molecular complexity index is 1010. The van der Waals surface area contributed by atoms with Gasteiger partial charge in [0.15, 0.2) is 19.7 Å². The molecule has 1 aliphatic rings. The van der Waals surface area contributed by atoms with Crippen LogP contribution in [0.1, 0.15) is 48.0 Å². The van der Waals surface area contributed by atoms with Crippen LogP contribution in [0.3, 0.4) is 0 Å². The molecule has 10 nitrogen and oxygen atoms in total. The van der Waals surface area contributed by atoms with Gasteiger partial charge >= 0.3 is 24.4 Å². The van der Waals surface area contributed by atoms with Crippen LogP contribution in [-0.4, -0.2) is 117 Å². The van der Waals surface area contributed by atoms with Crippen molar-refractivity contribution in [2.45, 2.75) is 86.4 Å². The molecule has 1 aromatic rings. The van der Waals surface area contributed by atoms with E-state index in [4.69, 9.17) is 11.5 Å². The van der Waals surface area contributed by atoms with Crippen molar-refractivity contribution in [2.24, 2.45) is 0 Å². The van der Waals surface area contributed by atoms with Crippen molar-refractivity contribution < 1.29 is 48.0 Å². The first-order valence-corrected chi connectivity index (χ1v) is 19.7. The van der Waals surface area contributed by atoms with Gasteiger partial charge < -0.3 is 29.3 Å². The maximum atomic E-state index is 13.4. The molecule has 13 heteroatoms. The Balaban J connectivity index is 0.00000130. The summed E-state index contributed by atoms with van der Waals surface area (Å²) in [7, 11) is 8.00. The number of hydrogen-bond acceptors (Lipinski definition) is 10. The van der Waals surface area contributed by atoms with E-state index in [0.717, 1.165) is 18.8 Å². The van der Waals surface area contributed by atoms with Gasteiger partial charge in [-0.1, -0.05) is 53.7 Å². The van der Waals surface area contributed by atoms with Gasteiger partial charge in [-0.3, -0.25) is 9.00 Å². The van der Waals surface area contributed by atoms with Crippen LogP contribution in [-0.2, 0) is 44.4 Å². The van der Waals surface area contributed by atoms with Crippen LogP contribution < -0.4 is 4.90 Å². The number of hydrogen-bond donors (Lipinski definition) is 2. The third kappa shape index (κ3) is 10.9. The third-order valence-electron chi connectivity index (χ3n) is 7.77. The molecule has 1 aromatic carbocycles. The summed E-state index contributed by atoms with van der Waals surface area (Å²) < 4.78 is 36.8. The van der Waals surface area contributed by atoms with Gasteiger partial charge in [-0.25, -0.2) is 0 Å². The fraction of sp³-hybridized carbons (Fsp3) is 0.759. The Hall–Kier alpha value is -0.907. The molecule has 4 atom stereocenters. The minimum atomic E-state index is -2.34. The van der Waals surface area contributed by atoms with Crippen molar-refractivity contribution in [1.82, 2.24) is 9.80 Å². The standard InChI is InChI=1S/C23H39NO5SSi.C6H16N2.2O.Os/c1-15(2)31(16(3)4,17(5)6)29-14-23(27)21(25)13-20(22(23)26)30(28)19-12-10-9-11-18(19)24(7)8;1-7(2)5-6-8(3)4;;;/h9-12,15-17,20-21,25,27H,13-14H2,1-8H3;5-6H2,1-4H3;;;/t20-,21-,23-,30-;;;;/m0..../s1. The van der Waals surface area contributed by atoms with Gasteiger partial charge in [-0.15, -0.1) is 0 Å². The molecule has 2 rings (SSSR count). The molecule has 1 saturated carbocycles. The van der Waals surface area contributed by atoms with Crippen molar-refractivity contribution in [1.29, 1.82) is 0 Å². The molecule has 0 unspecified atom stereocenters. The number of benzene rings is 1. The summed E-state index contributed by atoms with van der Waals surface area (Å²) in [5.74, 6) is -0.592. The number of carbonyl (C=O) groups is 1. The number of anilines is 1. The zero-order chi connectivity index (χ0) is 33.0. The van der Waals surface area contributed by atoms with Crippen molar-refractivity contribution in [3.8, 4) is 0 Å². The van der Waals surface area contributed by atoms with E-state index in [1.54, 1.807) is 12.1 Å². The molecule has 1 aliphatic carbocycles. The molecule has 0 saturated heterocycles. The van der Waals surface area contributed by atoms with Gasteiger partial charge in [0.1, 0.15) is 5.25 Å². The van der Waals surface area contributed by atoms with Crippen LogP contribution in [0.5, 0.6) is 0 Å². The average molecular weight is 808 g/mol. The fourth-order valence-electron chi connectivity index (χ4n) is 5.58. The van der Waals surface area contributed by atoms with Crippen molar-refractivity contribution in [2.75, 3.05) is 66.9 Å². The number of Topliss-reactive ketones (excluding diaryl/α,β-unsaturated/α-hetero) is 1. The molecule has 0 bridgehead atoms. The van der Waals surface area contributed by atoms with Crippen molar-refractivity contribution in [3.05, 3.63) is 24.3 Å². The number of aliphatic hydroxyl groups is 2. The Morgan fingerprint density at radius 2 is 1.38 bits per heavy atom. The number of para-hydroxylation sites is 1. The van der Waals surface area contributed by atoms with Crippen LogP contribution in [0.15, 0.2) is 29.2 Å². The summed E-state index contributed by atoms with van der Waals surface area (Å²) in [5, 5.41) is 21.0. The molecule has 42 heavy (non-hydrogen) atoms. The number of likely N-dealkylation sites (N-methyl/N-ethyl adjacent to an activating group) is 2. The summed E-state index contributed by atoms with van der Waals surface area (Å²) in [6, 6.07) is 7.19.